The molecule has 0 N–H and O–H groups in total. The van der Waals surface area contributed by atoms with Crippen LogP contribution in [0.3, 0.4) is 0 Å². The third-order valence-corrected chi connectivity index (χ3v) is 11.8. The van der Waals surface area contributed by atoms with E-state index in [0.717, 1.165) is 75.8 Å². The maximum Gasteiger partial charge on any atom is 0.173 e. The van der Waals surface area contributed by atoms with Crippen LogP contribution < -0.4 is 15.9 Å². The van der Waals surface area contributed by atoms with Crippen LogP contribution in [0.15, 0.2) is 152 Å². The second-order valence-corrected chi connectivity index (χ2v) is 13.9. The Morgan fingerprint density at radius 2 is 1.05 bits per heavy atom. The molecule has 202 valence electrons. The summed E-state index contributed by atoms with van der Waals surface area (Å²) in [6, 6.07) is 52.0. The van der Waals surface area contributed by atoms with Gasteiger partial charge in [-0.1, -0.05) is 121 Å². The Hall–Kier alpha value is -5.24. The zero-order chi connectivity index (χ0) is 28.5. The van der Waals surface area contributed by atoms with Crippen molar-refractivity contribution in [2.45, 2.75) is 0 Å². The molecule has 3 nitrogen and oxygen atoms in total. The van der Waals surface area contributed by atoms with E-state index in [2.05, 4.69) is 101 Å². The minimum atomic E-state index is -3.40. The van der Waals surface area contributed by atoms with E-state index in [1.165, 1.54) is 0 Å². The number of pyridine rings is 1. The third-order valence-electron chi connectivity index (χ3n) is 8.79. The molecule has 0 aliphatic carbocycles. The molecule has 0 aliphatic rings. The smallest absolute Gasteiger partial charge is 0.173 e. The van der Waals surface area contributed by atoms with E-state index in [4.69, 9.17) is 4.98 Å². The summed E-state index contributed by atoms with van der Waals surface area (Å²) >= 11 is 0. The maximum atomic E-state index is 16.2. The van der Waals surface area contributed by atoms with Crippen LogP contribution >= 0.6 is 7.14 Å². The van der Waals surface area contributed by atoms with Crippen LogP contribution in [-0.4, -0.2) is 9.38 Å². The molecule has 0 amide bonds. The van der Waals surface area contributed by atoms with Gasteiger partial charge >= 0.3 is 0 Å². The van der Waals surface area contributed by atoms with Gasteiger partial charge in [0.1, 0.15) is 5.65 Å². The van der Waals surface area contributed by atoms with Gasteiger partial charge in [-0.3, -0.25) is 4.40 Å². The lowest BCUT2D eigenvalue weighted by Gasteiger charge is -2.22. The molecule has 0 bridgehead atoms. The van der Waals surface area contributed by atoms with Gasteiger partial charge in [-0.15, -0.1) is 0 Å². The van der Waals surface area contributed by atoms with Crippen molar-refractivity contribution in [1.29, 1.82) is 0 Å². The van der Waals surface area contributed by atoms with Crippen molar-refractivity contribution in [1.82, 2.24) is 9.38 Å². The molecule has 0 unspecified atom stereocenters. The molecule has 0 aliphatic heterocycles. The van der Waals surface area contributed by atoms with Crippen LogP contribution in [-0.2, 0) is 4.57 Å². The Kier molecular flexibility index (Phi) is 5.17. The SMILES string of the molecule is O=P(c1ccc2ccccc2c1)(c1ccc2ccccc2c1)c1cccc2nc3c4ccccc4c4ccccc4n3c12. The van der Waals surface area contributed by atoms with Crippen LogP contribution in [0, 0.1) is 0 Å². The predicted octanol–water partition coefficient (Wildman–Crippen LogP) is 8.74. The van der Waals surface area contributed by atoms with Gasteiger partial charge in [0.2, 0.25) is 0 Å². The lowest BCUT2D eigenvalue weighted by molar-refractivity contribution is 0.592. The average Bonchev–Trinajstić information content (AvgIpc) is 3.48. The predicted molar refractivity (Wildman–Crippen MR) is 182 cm³/mol. The number of aromatic nitrogens is 2. The standard InChI is InChI=1S/C39H25N2OP/c42-43(30-22-20-26-10-1-3-12-28(26)24-30,31-23-21-27-11-2-4-13-29(27)25-31)37-19-9-17-35-38(37)41-36-18-8-7-15-33(36)32-14-5-6-16-34(32)39(41)40-35/h1-25H. The highest BCUT2D eigenvalue weighted by Crippen LogP contribution is 2.46. The van der Waals surface area contributed by atoms with Crippen molar-refractivity contribution >= 4 is 83.0 Å². The number of benzene rings is 7. The number of rotatable bonds is 3. The highest BCUT2D eigenvalue weighted by atomic mass is 31.2. The van der Waals surface area contributed by atoms with E-state index in [0.29, 0.717) is 0 Å². The summed E-state index contributed by atoms with van der Waals surface area (Å²) in [4.78, 5) is 5.20. The largest absolute Gasteiger partial charge is 0.309 e. The fourth-order valence-corrected chi connectivity index (χ4v) is 9.63. The summed E-state index contributed by atoms with van der Waals surface area (Å²) in [6.45, 7) is 0. The second kappa shape index (κ2) is 9.13. The van der Waals surface area contributed by atoms with Crippen molar-refractivity contribution in [3.63, 3.8) is 0 Å². The van der Waals surface area contributed by atoms with Gasteiger partial charge in [0, 0.05) is 26.7 Å². The molecule has 0 fully saturated rings. The van der Waals surface area contributed by atoms with E-state index in [-0.39, 0.29) is 0 Å². The van der Waals surface area contributed by atoms with Crippen LogP contribution in [0.2, 0.25) is 0 Å². The van der Waals surface area contributed by atoms with Crippen LogP contribution in [0.25, 0.3) is 59.9 Å². The Morgan fingerprint density at radius 1 is 0.488 bits per heavy atom. The molecule has 2 aromatic heterocycles. The van der Waals surface area contributed by atoms with Crippen molar-refractivity contribution in [2.75, 3.05) is 0 Å². The van der Waals surface area contributed by atoms with E-state index in [9.17, 15) is 0 Å². The van der Waals surface area contributed by atoms with Gasteiger partial charge in [-0.2, -0.15) is 0 Å². The van der Waals surface area contributed by atoms with E-state index in [1.54, 1.807) is 0 Å². The summed E-state index contributed by atoms with van der Waals surface area (Å²) in [7, 11) is -3.40. The molecular weight excluding hydrogens is 543 g/mol. The molecule has 0 atom stereocenters. The van der Waals surface area contributed by atoms with Crippen molar-refractivity contribution in [3.8, 4) is 0 Å². The lowest BCUT2D eigenvalue weighted by Crippen LogP contribution is -2.26. The summed E-state index contributed by atoms with van der Waals surface area (Å²) < 4.78 is 18.5. The summed E-state index contributed by atoms with van der Waals surface area (Å²) in [5, 5.41) is 10.2. The first-order valence-electron chi connectivity index (χ1n) is 14.5. The monoisotopic (exact) mass is 568 g/mol. The summed E-state index contributed by atoms with van der Waals surface area (Å²) in [6.07, 6.45) is 0. The Morgan fingerprint density at radius 3 is 1.72 bits per heavy atom. The molecule has 0 radical (unpaired) electrons. The fraction of sp³-hybridized carbons (Fsp3) is 0. The fourth-order valence-electron chi connectivity index (χ4n) is 6.76. The van der Waals surface area contributed by atoms with Crippen molar-refractivity contribution < 1.29 is 4.57 Å². The molecule has 43 heavy (non-hydrogen) atoms. The highest BCUT2D eigenvalue weighted by Gasteiger charge is 2.34. The first kappa shape index (κ1) is 24.4. The zero-order valence-corrected chi connectivity index (χ0v) is 24.1. The van der Waals surface area contributed by atoms with Gasteiger partial charge in [0.25, 0.3) is 0 Å². The maximum absolute atomic E-state index is 16.2. The molecule has 0 spiro atoms. The van der Waals surface area contributed by atoms with E-state index < -0.39 is 7.14 Å². The topological polar surface area (TPSA) is 34.4 Å². The zero-order valence-electron chi connectivity index (χ0n) is 23.2. The first-order valence-corrected chi connectivity index (χ1v) is 16.2. The lowest BCUT2D eigenvalue weighted by atomic mass is 10.1. The number of imidazole rings is 1. The first-order chi connectivity index (χ1) is 21.2. The van der Waals surface area contributed by atoms with Gasteiger partial charge in [0.15, 0.2) is 7.14 Å². The molecule has 0 saturated carbocycles. The highest BCUT2D eigenvalue weighted by molar-refractivity contribution is 7.85. The molecule has 9 aromatic rings. The van der Waals surface area contributed by atoms with Crippen LogP contribution in [0.4, 0.5) is 0 Å². The van der Waals surface area contributed by atoms with Crippen LogP contribution in [0.1, 0.15) is 0 Å². The summed E-state index contributed by atoms with van der Waals surface area (Å²) in [5.74, 6) is 0. The van der Waals surface area contributed by atoms with E-state index in [1.807, 2.05) is 54.6 Å². The number of hydrogen-bond acceptors (Lipinski definition) is 2. The normalized spacial score (nSPS) is 12.3. The van der Waals surface area contributed by atoms with Gasteiger partial charge in [-0.05, 0) is 57.3 Å². The molecule has 4 heteroatoms. The molecule has 0 saturated heterocycles. The van der Waals surface area contributed by atoms with Crippen LogP contribution in [0.5, 0.6) is 0 Å². The Bertz CT molecular complexity index is 2530. The van der Waals surface area contributed by atoms with Gasteiger partial charge in [-0.25, -0.2) is 4.98 Å². The Labute approximate surface area is 248 Å². The molecule has 9 rings (SSSR count). The van der Waals surface area contributed by atoms with Gasteiger partial charge in [0.05, 0.1) is 16.6 Å². The number of hydrogen-bond donors (Lipinski definition) is 0. The average molecular weight is 569 g/mol. The molecular formula is C39H25N2OP. The third kappa shape index (κ3) is 3.49. The number of para-hydroxylation sites is 2. The van der Waals surface area contributed by atoms with Gasteiger partial charge < -0.3 is 4.57 Å². The van der Waals surface area contributed by atoms with Crippen molar-refractivity contribution in [2.24, 2.45) is 0 Å². The van der Waals surface area contributed by atoms with Crippen molar-refractivity contribution in [3.05, 3.63) is 152 Å². The molecule has 2 heterocycles. The number of nitrogens with zero attached hydrogens (tertiary/aromatic N) is 2. The Balaban J connectivity index is 1.47. The quantitative estimate of drug-likeness (QED) is 0.158. The molecule has 7 aromatic carbocycles. The summed E-state index contributed by atoms with van der Waals surface area (Å²) in [5.41, 5.74) is 3.65. The second-order valence-electron chi connectivity index (χ2n) is 11.2. The minimum Gasteiger partial charge on any atom is -0.309 e. The van der Waals surface area contributed by atoms with E-state index >= 15 is 4.57 Å². The number of fused-ring (bicyclic) bond motifs is 10. The minimum absolute atomic E-state index is 0.795.